The topological polar surface area (TPSA) is 0 Å². The molecule has 0 N–H and O–H groups in total. The van der Waals surface area contributed by atoms with Gasteiger partial charge in [-0.3, -0.25) is 0 Å². The van der Waals surface area contributed by atoms with E-state index in [0.717, 1.165) is 19.2 Å². The van der Waals surface area contributed by atoms with Crippen molar-refractivity contribution in [1.29, 1.82) is 0 Å². The van der Waals surface area contributed by atoms with Gasteiger partial charge in [0.05, 0.1) is 0 Å². The van der Waals surface area contributed by atoms with Crippen molar-refractivity contribution in [1.82, 2.24) is 0 Å². The van der Waals surface area contributed by atoms with Gasteiger partial charge in [0.15, 0.2) is 0 Å². The molecule has 0 fully saturated rings. The molecule has 0 aromatic rings. The Morgan fingerprint density at radius 1 is 1.57 bits per heavy atom. The van der Waals surface area contributed by atoms with Gasteiger partial charge in [-0.15, -0.1) is 0 Å². The fraction of sp³-hybridized carbons (Fsp3) is 1.00. The van der Waals surface area contributed by atoms with Gasteiger partial charge in [-0.25, -0.2) is 0 Å². The van der Waals surface area contributed by atoms with E-state index in [9.17, 15) is 4.32 Å². The Morgan fingerprint density at radius 3 is 2.29 bits per heavy atom. The Bertz CT molecular complexity index is 23.7. The minimum absolute atomic E-state index is 0. The summed E-state index contributed by atoms with van der Waals surface area (Å²) in [7, 11) is -0.145. The SMILES string of the molecule is CCCCBF.[KH]. The van der Waals surface area contributed by atoms with E-state index in [2.05, 4.69) is 6.92 Å². The minimum atomic E-state index is -0.145. The van der Waals surface area contributed by atoms with E-state index in [4.69, 9.17) is 0 Å². The molecule has 0 aromatic carbocycles. The zero-order valence-corrected chi connectivity index (χ0v) is 4.21. The van der Waals surface area contributed by atoms with E-state index in [1.807, 2.05) is 0 Å². The standard InChI is InChI=1S/C4H10BF.K.H/c1-2-3-4-5-6;;/h5H,2-4H2,1H3;;. The van der Waals surface area contributed by atoms with Crippen LogP contribution in [0.2, 0.25) is 6.32 Å². The molecule has 0 amide bonds. The van der Waals surface area contributed by atoms with Crippen LogP contribution in [0.5, 0.6) is 0 Å². The van der Waals surface area contributed by atoms with Crippen molar-refractivity contribution in [3.8, 4) is 0 Å². The second-order valence-corrected chi connectivity index (χ2v) is 1.40. The molecule has 0 nitrogen and oxygen atoms in total. The summed E-state index contributed by atoms with van der Waals surface area (Å²) < 4.78 is 11.2. The van der Waals surface area contributed by atoms with Crippen LogP contribution in [-0.4, -0.2) is 58.9 Å². The molecule has 3 heteroatoms. The molecule has 0 bridgehead atoms. The molecule has 0 rings (SSSR count). The van der Waals surface area contributed by atoms with Crippen LogP contribution in [-0.2, 0) is 0 Å². The Morgan fingerprint density at radius 2 is 2.14 bits per heavy atom. The predicted molar refractivity (Wildman–Crippen MR) is 35.1 cm³/mol. The van der Waals surface area contributed by atoms with Gasteiger partial charge < -0.3 is 4.32 Å². The first kappa shape index (κ1) is 11.4. The third-order valence-electron chi connectivity index (χ3n) is 0.737. The average Bonchev–Trinajstić information content (AvgIpc) is 1.61. The van der Waals surface area contributed by atoms with Crippen LogP contribution in [0.25, 0.3) is 0 Å². The summed E-state index contributed by atoms with van der Waals surface area (Å²) in [6, 6.07) is 0. The fourth-order valence-corrected chi connectivity index (χ4v) is 0.344. The van der Waals surface area contributed by atoms with Gasteiger partial charge in [-0.05, 0) is 6.32 Å². The van der Waals surface area contributed by atoms with E-state index < -0.39 is 0 Å². The molecule has 0 radical (unpaired) electrons. The number of hydrogen-bond donors (Lipinski definition) is 0. The zero-order valence-electron chi connectivity index (χ0n) is 4.21. The normalized spacial score (nSPS) is 7.14. The summed E-state index contributed by atoms with van der Waals surface area (Å²) in [6.45, 7) is 2.07. The molecule has 0 aliphatic rings. The van der Waals surface area contributed by atoms with E-state index in [0.29, 0.717) is 0 Å². The van der Waals surface area contributed by atoms with E-state index >= 15 is 0 Å². The third-order valence-corrected chi connectivity index (χ3v) is 0.737. The van der Waals surface area contributed by atoms with Crippen LogP contribution in [0.3, 0.4) is 0 Å². The predicted octanol–water partition coefficient (Wildman–Crippen LogP) is 0.877. The fourth-order valence-electron chi connectivity index (χ4n) is 0.344. The van der Waals surface area contributed by atoms with Gasteiger partial charge in [-0.1, -0.05) is 19.8 Å². The summed E-state index contributed by atoms with van der Waals surface area (Å²) in [5.74, 6) is 0. The molecule has 0 aliphatic heterocycles. The summed E-state index contributed by atoms with van der Waals surface area (Å²) in [5, 5.41) is 0. The van der Waals surface area contributed by atoms with Crippen molar-refractivity contribution in [2.24, 2.45) is 0 Å². The summed E-state index contributed by atoms with van der Waals surface area (Å²) in [4.78, 5) is 0. The molecule has 0 heterocycles. The number of halogens is 1. The van der Waals surface area contributed by atoms with Gasteiger partial charge in [0.2, 0.25) is 0 Å². The average molecular weight is 128 g/mol. The van der Waals surface area contributed by atoms with Crippen LogP contribution in [0.4, 0.5) is 4.32 Å². The van der Waals surface area contributed by atoms with Crippen LogP contribution >= 0.6 is 0 Å². The molecular formula is C4H11BFK. The summed E-state index contributed by atoms with van der Waals surface area (Å²) >= 11 is 0. The Hall–Kier alpha value is 1.63. The van der Waals surface area contributed by atoms with Crippen molar-refractivity contribution < 1.29 is 4.32 Å². The first-order chi connectivity index (χ1) is 2.91. The van der Waals surface area contributed by atoms with Gasteiger partial charge in [0.1, 0.15) is 0 Å². The molecule has 0 unspecified atom stereocenters. The van der Waals surface area contributed by atoms with Crippen LogP contribution in [0.15, 0.2) is 0 Å². The van der Waals surface area contributed by atoms with Gasteiger partial charge >= 0.3 is 58.9 Å². The van der Waals surface area contributed by atoms with Gasteiger partial charge in [0, 0.05) is 0 Å². The maximum absolute atomic E-state index is 11.2. The molecule has 0 aliphatic carbocycles. The summed E-state index contributed by atoms with van der Waals surface area (Å²) in [6.07, 6.45) is 2.90. The third kappa shape index (κ3) is 11.3. The van der Waals surface area contributed by atoms with E-state index in [1.54, 1.807) is 0 Å². The first-order valence-electron chi connectivity index (χ1n) is 2.47. The monoisotopic (exact) mass is 128 g/mol. The van der Waals surface area contributed by atoms with Crippen molar-refractivity contribution in [3.63, 3.8) is 0 Å². The molecule has 0 saturated heterocycles. The molecule has 38 valence electrons. The molecule has 0 aromatic heterocycles. The first-order valence-corrected chi connectivity index (χ1v) is 2.47. The van der Waals surface area contributed by atoms with Gasteiger partial charge in [0.25, 0.3) is 0 Å². The molecule has 0 spiro atoms. The zero-order chi connectivity index (χ0) is 4.83. The Kier molecular flexibility index (Phi) is 17.3. The Labute approximate surface area is 88.0 Å². The molecular weight excluding hydrogens is 117 g/mol. The molecule has 0 saturated carbocycles. The second-order valence-electron chi connectivity index (χ2n) is 1.40. The maximum atomic E-state index is 11.2. The van der Waals surface area contributed by atoms with Crippen molar-refractivity contribution in [2.75, 3.05) is 0 Å². The van der Waals surface area contributed by atoms with Crippen LogP contribution in [0.1, 0.15) is 19.8 Å². The van der Waals surface area contributed by atoms with Crippen LogP contribution in [0, 0.1) is 0 Å². The van der Waals surface area contributed by atoms with Gasteiger partial charge in [-0.2, -0.15) is 0 Å². The van der Waals surface area contributed by atoms with Crippen molar-refractivity contribution in [3.05, 3.63) is 0 Å². The quantitative estimate of drug-likeness (QED) is 0.391. The molecule has 0 atom stereocenters. The van der Waals surface area contributed by atoms with Crippen LogP contribution < -0.4 is 0 Å². The summed E-state index contributed by atoms with van der Waals surface area (Å²) in [5.41, 5.74) is 0. The second kappa shape index (κ2) is 10.6. The Balaban J connectivity index is 0. The van der Waals surface area contributed by atoms with E-state index in [-0.39, 0.29) is 58.9 Å². The van der Waals surface area contributed by atoms with Crippen molar-refractivity contribution in [2.45, 2.75) is 26.1 Å². The number of rotatable bonds is 3. The molecule has 7 heavy (non-hydrogen) atoms. The van der Waals surface area contributed by atoms with E-state index in [1.165, 1.54) is 0 Å². The number of unbranched alkanes of at least 4 members (excludes halogenated alkanes) is 1. The van der Waals surface area contributed by atoms with Crippen molar-refractivity contribution >= 4 is 58.9 Å². The number of hydrogen-bond acceptors (Lipinski definition) is 0.